The summed E-state index contributed by atoms with van der Waals surface area (Å²) in [5.41, 5.74) is 0. The molecule has 0 amide bonds. The smallest absolute Gasteiger partial charge is 0.0474 e. The van der Waals surface area contributed by atoms with Crippen molar-refractivity contribution in [2.75, 3.05) is 13.2 Å². The summed E-state index contributed by atoms with van der Waals surface area (Å²) in [6.07, 6.45) is 6.60. The van der Waals surface area contributed by atoms with E-state index in [-0.39, 0.29) is 0 Å². The molecule has 1 aliphatic carbocycles. The van der Waals surface area contributed by atoms with Crippen LogP contribution in [-0.4, -0.2) is 35.2 Å². The number of aliphatic hydroxyl groups is 1. The van der Waals surface area contributed by atoms with E-state index in [2.05, 4.69) is 11.8 Å². The van der Waals surface area contributed by atoms with Gasteiger partial charge in [-0.25, -0.2) is 0 Å². The highest BCUT2D eigenvalue weighted by Gasteiger charge is 2.36. The van der Waals surface area contributed by atoms with Crippen molar-refractivity contribution >= 4 is 0 Å². The minimum Gasteiger partial charge on any atom is -0.396 e. The predicted molar refractivity (Wildman–Crippen MR) is 53.6 cm³/mol. The van der Waals surface area contributed by atoms with E-state index >= 15 is 0 Å². The van der Waals surface area contributed by atoms with Gasteiger partial charge < -0.3 is 5.11 Å². The van der Waals surface area contributed by atoms with Crippen LogP contribution in [0.3, 0.4) is 0 Å². The summed E-state index contributed by atoms with van der Waals surface area (Å²) in [4.78, 5) is 2.60. The zero-order chi connectivity index (χ0) is 9.26. The molecule has 1 aliphatic heterocycles. The van der Waals surface area contributed by atoms with E-state index in [1.54, 1.807) is 0 Å². The molecule has 0 radical (unpaired) electrons. The molecule has 2 heteroatoms. The standard InChI is InChI=1S/C11H21NO/c1-9-6-7-12(9)11-5-3-2-4-10(11)8-13/h9-11,13H,2-8H2,1H3. The van der Waals surface area contributed by atoms with E-state index in [1.165, 1.54) is 38.6 Å². The third-order valence-electron chi connectivity index (χ3n) is 3.90. The second kappa shape index (κ2) is 3.97. The summed E-state index contributed by atoms with van der Waals surface area (Å²) in [7, 11) is 0. The molecule has 3 unspecified atom stereocenters. The molecule has 0 spiro atoms. The van der Waals surface area contributed by atoms with Crippen LogP contribution < -0.4 is 0 Å². The van der Waals surface area contributed by atoms with Crippen molar-refractivity contribution in [1.82, 2.24) is 4.90 Å². The summed E-state index contributed by atoms with van der Waals surface area (Å²) in [5, 5.41) is 9.29. The van der Waals surface area contributed by atoms with Crippen molar-refractivity contribution in [3.05, 3.63) is 0 Å². The van der Waals surface area contributed by atoms with Gasteiger partial charge in [0, 0.05) is 25.2 Å². The fourth-order valence-electron chi connectivity index (χ4n) is 2.87. The molecule has 2 fully saturated rings. The lowest BCUT2D eigenvalue weighted by Crippen LogP contribution is -2.55. The van der Waals surface area contributed by atoms with Gasteiger partial charge >= 0.3 is 0 Å². The molecule has 1 saturated carbocycles. The average Bonchev–Trinajstić information content (AvgIpc) is 2.16. The third-order valence-corrected chi connectivity index (χ3v) is 3.90. The van der Waals surface area contributed by atoms with Crippen molar-refractivity contribution in [2.24, 2.45) is 5.92 Å². The normalized spacial score (nSPS) is 41.5. The van der Waals surface area contributed by atoms with Gasteiger partial charge in [-0.05, 0) is 32.1 Å². The molecule has 1 N–H and O–H groups in total. The quantitative estimate of drug-likeness (QED) is 0.703. The SMILES string of the molecule is CC1CCN1C1CCCCC1CO. The van der Waals surface area contributed by atoms with Gasteiger partial charge in [-0.3, -0.25) is 4.90 Å². The highest BCUT2D eigenvalue weighted by atomic mass is 16.3. The van der Waals surface area contributed by atoms with Crippen LogP contribution in [0.5, 0.6) is 0 Å². The minimum atomic E-state index is 0.397. The first-order valence-corrected chi connectivity index (χ1v) is 5.69. The molecule has 0 aromatic heterocycles. The second-order valence-corrected chi connectivity index (χ2v) is 4.67. The van der Waals surface area contributed by atoms with Crippen molar-refractivity contribution in [2.45, 2.75) is 51.1 Å². The van der Waals surface area contributed by atoms with Crippen molar-refractivity contribution in [3.8, 4) is 0 Å². The number of aliphatic hydroxyl groups excluding tert-OH is 1. The molecule has 2 nitrogen and oxygen atoms in total. The highest BCUT2D eigenvalue weighted by Crippen LogP contribution is 2.33. The molecular formula is C11H21NO. The summed E-state index contributed by atoms with van der Waals surface area (Å²) in [6, 6.07) is 1.47. The first-order valence-electron chi connectivity index (χ1n) is 5.69. The monoisotopic (exact) mass is 183 g/mol. The fraction of sp³-hybridized carbons (Fsp3) is 1.00. The molecule has 76 valence electrons. The van der Waals surface area contributed by atoms with Crippen LogP contribution >= 0.6 is 0 Å². The summed E-state index contributed by atoms with van der Waals surface area (Å²) in [5.74, 6) is 0.566. The Bertz CT molecular complexity index is 167. The van der Waals surface area contributed by atoms with E-state index in [9.17, 15) is 5.11 Å². The molecule has 0 aromatic rings. The van der Waals surface area contributed by atoms with E-state index < -0.39 is 0 Å². The van der Waals surface area contributed by atoms with Crippen LogP contribution in [0.15, 0.2) is 0 Å². The number of likely N-dealkylation sites (tertiary alicyclic amines) is 1. The van der Waals surface area contributed by atoms with Crippen molar-refractivity contribution < 1.29 is 5.11 Å². The zero-order valence-corrected chi connectivity index (χ0v) is 8.58. The van der Waals surface area contributed by atoms with Gasteiger partial charge in [0.15, 0.2) is 0 Å². The molecule has 3 atom stereocenters. The molecule has 13 heavy (non-hydrogen) atoms. The highest BCUT2D eigenvalue weighted by molar-refractivity contribution is 4.90. The molecule has 1 heterocycles. The molecule has 0 aromatic carbocycles. The molecule has 0 bridgehead atoms. The lowest BCUT2D eigenvalue weighted by Gasteiger charge is -2.48. The van der Waals surface area contributed by atoms with Gasteiger partial charge in [0.1, 0.15) is 0 Å². The van der Waals surface area contributed by atoms with E-state index in [0.29, 0.717) is 18.6 Å². The Labute approximate surface area is 80.9 Å². The maximum Gasteiger partial charge on any atom is 0.0474 e. The van der Waals surface area contributed by atoms with Gasteiger partial charge in [-0.15, -0.1) is 0 Å². The Morgan fingerprint density at radius 2 is 2.00 bits per heavy atom. The van der Waals surface area contributed by atoms with Crippen LogP contribution in [0.25, 0.3) is 0 Å². The Hall–Kier alpha value is -0.0800. The number of hydrogen-bond donors (Lipinski definition) is 1. The average molecular weight is 183 g/mol. The first-order chi connectivity index (χ1) is 6.33. The Morgan fingerprint density at radius 1 is 1.23 bits per heavy atom. The van der Waals surface area contributed by atoms with E-state index in [0.717, 1.165) is 6.04 Å². The Balaban J connectivity index is 1.94. The van der Waals surface area contributed by atoms with Crippen molar-refractivity contribution in [3.63, 3.8) is 0 Å². The molecule has 2 aliphatic rings. The maximum atomic E-state index is 9.29. The van der Waals surface area contributed by atoms with Crippen LogP contribution in [0, 0.1) is 5.92 Å². The second-order valence-electron chi connectivity index (χ2n) is 4.67. The van der Waals surface area contributed by atoms with Gasteiger partial charge in [0.2, 0.25) is 0 Å². The molecular weight excluding hydrogens is 162 g/mol. The maximum absolute atomic E-state index is 9.29. The fourth-order valence-corrected chi connectivity index (χ4v) is 2.87. The number of nitrogens with zero attached hydrogens (tertiary/aromatic N) is 1. The molecule has 1 saturated heterocycles. The van der Waals surface area contributed by atoms with Crippen LogP contribution in [0.2, 0.25) is 0 Å². The van der Waals surface area contributed by atoms with Crippen LogP contribution in [0.1, 0.15) is 39.0 Å². The number of rotatable bonds is 2. The Morgan fingerprint density at radius 3 is 2.54 bits per heavy atom. The predicted octanol–water partition coefficient (Wildman–Crippen LogP) is 1.63. The number of hydrogen-bond acceptors (Lipinski definition) is 2. The minimum absolute atomic E-state index is 0.397. The van der Waals surface area contributed by atoms with E-state index in [4.69, 9.17) is 0 Å². The van der Waals surface area contributed by atoms with Crippen LogP contribution in [-0.2, 0) is 0 Å². The van der Waals surface area contributed by atoms with Crippen molar-refractivity contribution in [1.29, 1.82) is 0 Å². The lowest BCUT2D eigenvalue weighted by atomic mass is 9.81. The first kappa shape index (κ1) is 9.47. The van der Waals surface area contributed by atoms with Gasteiger partial charge in [-0.2, -0.15) is 0 Å². The lowest BCUT2D eigenvalue weighted by molar-refractivity contribution is -0.0112. The summed E-state index contributed by atoms with van der Waals surface area (Å²) >= 11 is 0. The largest absolute Gasteiger partial charge is 0.396 e. The summed E-state index contributed by atoms with van der Waals surface area (Å²) < 4.78 is 0. The van der Waals surface area contributed by atoms with Gasteiger partial charge in [0.05, 0.1) is 0 Å². The van der Waals surface area contributed by atoms with E-state index in [1.807, 2.05) is 0 Å². The third kappa shape index (κ3) is 1.75. The zero-order valence-electron chi connectivity index (χ0n) is 8.58. The van der Waals surface area contributed by atoms with Crippen LogP contribution in [0.4, 0.5) is 0 Å². The van der Waals surface area contributed by atoms with Gasteiger partial charge in [-0.1, -0.05) is 12.8 Å². The Kier molecular flexibility index (Phi) is 2.89. The van der Waals surface area contributed by atoms with Gasteiger partial charge in [0.25, 0.3) is 0 Å². The molecule has 2 rings (SSSR count). The summed E-state index contributed by atoms with van der Waals surface area (Å²) in [6.45, 7) is 3.97. The topological polar surface area (TPSA) is 23.5 Å².